The van der Waals surface area contributed by atoms with Gasteiger partial charge in [0, 0.05) is 26.1 Å². The summed E-state index contributed by atoms with van der Waals surface area (Å²) in [5.74, 6) is -1.85. The molecule has 2 fully saturated rings. The maximum atomic E-state index is 12.5. The summed E-state index contributed by atoms with van der Waals surface area (Å²) in [7, 11) is 0. The van der Waals surface area contributed by atoms with Crippen LogP contribution in [0.25, 0.3) is 0 Å². The molecule has 126 valence electrons. The zero-order valence-electron chi connectivity index (χ0n) is 13.2. The predicted octanol–water partition coefficient (Wildman–Crippen LogP) is 1.03. The first-order valence-corrected chi connectivity index (χ1v) is 8.54. The van der Waals surface area contributed by atoms with E-state index in [1.54, 1.807) is 0 Å². The van der Waals surface area contributed by atoms with Crippen molar-refractivity contribution in [2.75, 3.05) is 19.6 Å². The van der Waals surface area contributed by atoms with E-state index < -0.39 is 17.8 Å². The zero-order chi connectivity index (χ0) is 16.4. The largest absolute Gasteiger partial charge is 0.481 e. The second kappa shape index (κ2) is 6.72. The molecule has 6 nitrogen and oxygen atoms in total. The molecule has 0 spiro atoms. The van der Waals surface area contributed by atoms with Crippen LogP contribution in [0.2, 0.25) is 0 Å². The van der Waals surface area contributed by atoms with Crippen LogP contribution in [0.3, 0.4) is 0 Å². The van der Waals surface area contributed by atoms with E-state index in [1.165, 1.54) is 0 Å². The van der Waals surface area contributed by atoms with Crippen LogP contribution in [-0.4, -0.2) is 47.4 Å². The minimum absolute atomic E-state index is 0.0181. The van der Waals surface area contributed by atoms with Crippen molar-refractivity contribution in [3.8, 4) is 0 Å². The molecule has 1 saturated carbocycles. The van der Waals surface area contributed by atoms with Crippen molar-refractivity contribution in [1.82, 2.24) is 10.2 Å². The Bertz CT molecular complexity index is 531. The smallest absolute Gasteiger partial charge is 0.307 e. The normalized spacial score (nSPS) is 32.3. The average Bonchev–Trinajstić information content (AvgIpc) is 2.96. The van der Waals surface area contributed by atoms with Crippen molar-refractivity contribution >= 4 is 17.8 Å². The van der Waals surface area contributed by atoms with Gasteiger partial charge in [-0.15, -0.1) is 0 Å². The molecule has 23 heavy (non-hydrogen) atoms. The molecule has 1 heterocycles. The Morgan fingerprint density at radius 1 is 1.22 bits per heavy atom. The first-order chi connectivity index (χ1) is 11.1. The van der Waals surface area contributed by atoms with Crippen molar-refractivity contribution in [2.45, 2.75) is 32.1 Å². The highest BCUT2D eigenvalue weighted by molar-refractivity contribution is 5.86. The van der Waals surface area contributed by atoms with E-state index in [0.717, 1.165) is 25.8 Å². The summed E-state index contributed by atoms with van der Waals surface area (Å²) in [5, 5.41) is 12.4. The third-order valence-corrected chi connectivity index (χ3v) is 5.41. The highest BCUT2D eigenvalue weighted by Crippen LogP contribution is 2.45. The first kappa shape index (κ1) is 16.0. The van der Waals surface area contributed by atoms with Gasteiger partial charge in [0.2, 0.25) is 11.8 Å². The SMILES string of the molecule is O=C(O)[C@@H]1[C@@H](C(=O)NCCCN2CCCC2=O)[C@H]2C=C[C@@H]1CC2. The highest BCUT2D eigenvalue weighted by atomic mass is 16.4. The standard InChI is InChI=1S/C17H24N2O4/c20-13-3-1-9-19(13)10-2-8-18-16(21)14-11-4-6-12(7-5-11)15(14)17(22)23/h4,6,11-12,14-15H,1-3,5,7-10H2,(H,18,21)(H,22,23)/t11-,12+,14-,15-/m0/s1. The van der Waals surface area contributed by atoms with Crippen molar-refractivity contribution < 1.29 is 19.5 Å². The molecule has 0 aromatic carbocycles. The lowest BCUT2D eigenvalue weighted by molar-refractivity contribution is -0.153. The molecule has 0 aromatic heterocycles. The number of carboxylic acid groups (broad SMARTS) is 1. The van der Waals surface area contributed by atoms with Gasteiger partial charge in [0.25, 0.3) is 0 Å². The van der Waals surface area contributed by atoms with E-state index in [1.807, 2.05) is 17.1 Å². The number of hydrogen-bond acceptors (Lipinski definition) is 3. The number of carbonyl (C=O) groups excluding carboxylic acids is 2. The number of aliphatic carboxylic acids is 1. The van der Waals surface area contributed by atoms with Crippen molar-refractivity contribution in [1.29, 1.82) is 0 Å². The zero-order valence-corrected chi connectivity index (χ0v) is 13.2. The number of likely N-dealkylation sites (tertiary alicyclic amines) is 1. The fraction of sp³-hybridized carbons (Fsp3) is 0.706. The maximum absolute atomic E-state index is 12.5. The molecule has 1 saturated heterocycles. The summed E-state index contributed by atoms with van der Waals surface area (Å²) < 4.78 is 0. The minimum atomic E-state index is -0.869. The van der Waals surface area contributed by atoms with Crippen LogP contribution in [0.15, 0.2) is 12.2 Å². The number of fused-ring (bicyclic) bond motifs is 2. The molecule has 2 bridgehead atoms. The van der Waals surface area contributed by atoms with Crippen LogP contribution >= 0.6 is 0 Å². The second-order valence-electron chi connectivity index (χ2n) is 6.81. The van der Waals surface area contributed by atoms with Crippen molar-refractivity contribution in [2.24, 2.45) is 23.7 Å². The van der Waals surface area contributed by atoms with E-state index in [0.29, 0.717) is 25.9 Å². The average molecular weight is 320 g/mol. The monoisotopic (exact) mass is 320 g/mol. The van der Waals surface area contributed by atoms with Gasteiger partial charge in [0.05, 0.1) is 11.8 Å². The molecular formula is C17H24N2O4. The summed E-state index contributed by atoms with van der Waals surface area (Å²) in [4.78, 5) is 37.4. The Labute approximate surface area is 135 Å². The molecule has 2 amide bonds. The molecule has 6 heteroatoms. The Balaban J connectivity index is 1.50. The first-order valence-electron chi connectivity index (χ1n) is 8.54. The summed E-state index contributed by atoms with van der Waals surface area (Å²) >= 11 is 0. The fourth-order valence-corrected chi connectivity index (χ4v) is 4.23. The predicted molar refractivity (Wildman–Crippen MR) is 83.4 cm³/mol. The lowest BCUT2D eigenvalue weighted by atomic mass is 9.62. The van der Waals surface area contributed by atoms with Gasteiger partial charge in [0.1, 0.15) is 0 Å². The Morgan fingerprint density at radius 2 is 1.91 bits per heavy atom. The van der Waals surface area contributed by atoms with E-state index in [9.17, 15) is 19.5 Å². The van der Waals surface area contributed by atoms with Gasteiger partial charge in [-0.1, -0.05) is 12.2 Å². The van der Waals surface area contributed by atoms with E-state index in [-0.39, 0.29) is 23.7 Å². The third kappa shape index (κ3) is 3.26. The van der Waals surface area contributed by atoms with Gasteiger partial charge in [-0.3, -0.25) is 14.4 Å². The van der Waals surface area contributed by atoms with Crippen LogP contribution in [0.1, 0.15) is 32.1 Å². The van der Waals surface area contributed by atoms with E-state index >= 15 is 0 Å². The molecule has 3 aliphatic carbocycles. The molecule has 1 aliphatic heterocycles. The molecule has 2 N–H and O–H groups in total. The van der Waals surface area contributed by atoms with Gasteiger partial charge >= 0.3 is 5.97 Å². The number of nitrogens with one attached hydrogen (secondary N) is 1. The molecule has 0 unspecified atom stereocenters. The summed E-state index contributed by atoms with van der Waals surface area (Å²) in [6, 6.07) is 0. The highest BCUT2D eigenvalue weighted by Gasteiger charge is 2.47. The van der Waals surface area contributed by atoms with Crippen molar-refractivity contribution in [3.05, 3.63) is 12.2 Å². The molecule has 0 aromatic rings. The number of rotatable bonds is 6. The topological polar surface area (TPSA) is 86.7 Å². The summed E-state index contributed by atoms with van der Waals surface area (Å²) in [5.41, 5.74) is 0. The van der Waals surface area contributed by atoms with Crippen LogP contribution in [0.4, 0.5) is 0 Å². The second-order valence-corrected chi connectivity index (χ2v) is 6.81. The Kier molecular flexibility index (Phi) is 4.68. The van der Waals surface area contributed by atoms with E-state index in [4.69, 9.17) is 0 Å². The van der Waals surface area contributed by atoms with Crippen molar-refractivity contribution in [3.63, 3.8) is 0 Å². The maximum Gasteiger partial charge on any atom is 0.307 e. The number of carbonyl (C=O) groups is 3. The number of carboxylic acids is 1. The third-order valence-electron chi connectivity index (χ3n) is 5.41. The van der Waals surface area contributed by atoms with Gasteiger partial charge in [-0.25, -0.2) is 0 Å². The molecule has 4 rings (SSSR count). The van der Waals surface area contributed by atoms with Crippen LogP contribution < -0.4 is 5.32 Å². The lowest BCUT2D eigenvalue weighted by Gasteiger charge is -2.41. The lowest BCUT2D eigenvalue weighted by Crippen LogP contribution is -2.49. The minimum Gasteiger partial charge on any atom is -0.481 e. The summed E-state index contributed by atoms with van der Waals surface area (Å²) in [6.07, 6.45) is 8.00. The summed E-state index contributed by atoms with van der Waals surface area (Å²) in [6.45, 7) is 1.97. The molecule has 4 atom stereocenters. The number of allylic oxidation sites excluding steroid dienone is 2. The van der Waals surface area contributed by atoms with Crippen LogP contribution in [0.5, 0.6) is 0 Å². The Hall–Kier alpha value is -1.85. The van der Waals surface area contributed by atoms with Gasteiger partial charge in [-0.2, -0.15) is 0 Å². The van der Waals surface area contributed by atoms with E-state index in [2.05, 4.69) is 5.32 Å². The van der Waals surface area contributed by atoms with Crippen LogP contribution in [-0.2, 0) is 14.4 Å². The number of nitrogens with zero attached hydrogens (tertiary/aromatic N) is 1. The molecule has 4 aliphatic rings. The van der Waals surface area contributed by atoms with Gasteiger partial charge < -0.3 is 15.3 Å². The van der Waals surface area contributed by atoms with Gasteiger partial charge in [0.15, 0.2) is 0 Å². The molecular weight excluding hydrogens is 296 g/mol. The fourth-order valence-electron chi connectivity index (χ4n) is 4.23. The molecule has 0 radical (unpaired) electrons. The van der Waals surface area contributed by atoms with Gasteiger partial charge in [-0.05, 0) is 37.5 Å². The van der Waals surface area contributed by atoms with Crippen LogP contribution in [0, 0.1) is 23.7 Å². The quantitative estimate of drug-likeness (QED) is 0.565. The Morgan fingerprint density at radius 3 is 2.48 bits per heavy atom. The number of amides is 2. The number of hydrogen-bond donors (Lipinski definition) is 2.